The van der Waals surface area contributed by atoms with Gasteiger partial charge in [-0.25, -0.2) is 9.18 Å². The van der Waals surface area contributed by atoms with Crippen molar-refractivity contribution in [1.82, 2.24) is 5.32 Å². The Bertz CT molecular complexity index is 557. The van der Waals surface area contributed by atoms with Crippen LogP contribution in [0.1, 0.15) is 12.5 Å². The molecule has 0 aromatic heterocycles. The molecular weight excluding hydrogens is 289 g/mol. The van der Waals surface area contributed by atoms with E-state index >= 15 is 0 Å². The highest BCUT2D eigenvalue weighted by Crippen LogP contribution is 2.16. The predicted molar refractivity (Wildman–Crippen MR) is 71.7 cm³/mol. The molecule has 20 heavy (non-hydrogen) atoms. The van der Waals surface area contributed by atoms with Crippen LogP contribution >= 0.6 is 11.6 Å². The minimum Gasteiger partial charge on any atom is -0.479 e. The summed E-state index contributed by atoms with van der Waals surface area (Å²) in [5.74, 6) is -2.59. The van der Waals surface area contributed by atoms with Gasteiger partial charge in [0.15, 0.2) is 5.60 Å². The molecule has 3 N–H and O–H groups in total. The Labute approximate surface area is 119 Å². The highest BCUT2D eigenvalue weighted by Gasteiger charge is 2.29. The highest BCUT2D eigenvalue weighted by molar-refractivity contribution is 6.30. The maximum atomic E-state index is 12.9. The van der Waals surface area contributed by atoms with Crippen LogP contribution in [0.2, 0.25) is 5.02 Å². The number of halogens is 2. The molecule has 0 saturated heterocycles. The lowest BCUT2D eigenvalue weighted by Crippen LogP contribution is -2.46. The van der Waals surface area contributed by atoms with Gasteiger partial charge in [-0.1, -0.05) is 17.7 Å². The van der Waals surface area contributed by atoms with Crippen LogP contribution in [0.25, 0.3) is 6.08 Å². The standard InChI is InChI=1S/C13H13ClFNO4/c1-13(20,12(18)19)7-16-11(17)5-3-8-2-4-10(15)9(14)6-8/h2-6,20H,7H2,1H3,(H,16,17)(H,18,19). The molecule has 0 spiro atoms. The molecule has 108 valence electrons. The minimum atomic E-state index is -2.04. The normalized spacial score (nSPS) is 14.0. The van der Waals surface area contributed by atoms with Gasteiger partial charge >= 0.3 is 5.97 Å². The number of carboxylic acid groups (broad SMARTS) is 1. The van der Waals surface area contributed by atoms with Crippen molar-refractivity contribution in [2.75, 3.05) is 6.54 Å². The van der Waals surface area contributed by atoms with Crippen molar-refractivity contribution < 1.29 is 24.2 Å². The molecule has 1 rings (SSSR count). The number of amides is 1. The van der Waals surface area contributed by atoms with Crippen molar-refractivity contribution in [3.05, 3.63) is 40.7 Å². The summed E-state index contributed by atoms with van der Waals surface area (Å²) in [4.78, 5) is 22.0. The van der Waals surface area contributed by atoms with Gasteiger partial charge in [0.2, 0.25) is 5.91 Å². The highest BCUT2D eigenvalue weighted by atomic mass is 35.5. The fraction of sp³-hybridized carbons (Fsp3) is 0.231. The number of nitrogens with one attached hydrogen (secondary N) is 1. The monoisotopic (exact) mass is 301 g/mol. The SMILES string of the molecule is CC(O)(CNC(=O)C=Cc1ccc(F)c(Cl)c1)C(=O)O. The minimum absolute atomic E-state index is 0.0682. The molecule has 0 aliphatic rings. The summed E-state index contributed by atoms with van der Waals surface area (Å²) < 4.78 is 12.9. The van der Waals surface area contributed by atoms with E-state index in [2.05, 4.69) is 5.32 Å². The van der Waals surface area contributed by atoms with Crippen LogP contribution in [-0.2, 0) is 9.59 Å². The number of carbonyl (C=O) groups is 2. The first-order valence-corrected chi connectivity index (χ1v) is 5.97. The van der Waals surface area contributed by atoms with Gasteiger partial charge in [-0.15, -0.1) is 0 Å². The Morgan fingerprint density at radius 2 is 2.15 bits per heavy atom. The van der Waals surface area contributed by atoms with E-state index in [4.69, 9.17) is 16.7 Å². The Kier molecular flexibility index (Phi) is 5.24. The third-order valence-corrected chi connectivity index (χ3v) is 2.73. The number of hydrogen-bond acceptors (Lipinski definition) is 3. The zero-order chi connectivity index (χ0) is 15.3. The summed E-state index contributed by atoms with van der Waals surface area (Å²) in [6.45, 7) is 0.634. The number of aliphatic hydroxyl groups is 1. The second-order valence-electron chi connectivity index (χ2n) is 4.30. The fourth-order valence-electron chi connectivity index (χ4n) is 1.18. The Morgan fingerprint density at radius 3 is 2.70 bits per heavy atom. The summed E-state index contributed by atoms with van der Waals surface area (Å²) in [6.07, 6.45) is 2.51. The summed E-state index contributed by atoms with van der Waals surface area (Å²) in [5, 5.41) is 20.2. The second kappa shape index (κ2) is 6.49. The van der Waals surface area contributed by atoms with Crippen molar-refractivity contribution in [3.63, 3.8) is 0 Å². The van der Waals surface area contributed by atoms with E-state index in [0.29, 0.717) is 5.56 Å². The molecule has 1 unspecified atom stereocenters. The molecule has 0 heterocycles. The average molecular weight is 302 g/mol. The molecule has 7 heteroatoms. The quantitative estimate of drug-likeness (QED) is 0.718. The van der Waals surface area contributed by atoms with Gasteiger partial charge in [0, 0.05) is 6.08 Å². The lowest BCUT2D eigenvalue weighted by Gasteiger charge is -2.17. The molecule has 0 aliphatic carbocycles. The van der Waals surface area contributed by atoms with Gasteiger partial charge in [0.25, 0.3) is 0 Å². The first-order chi connectivity index (χ1) is 9.22. The number of carboxylic acids is 1. The third-order valence-electron chi connectivity index (χ3n) is 2.44. The van der Waals surface area contributed by atoms with Crippen LogP contribution in [0, 0.1) is 5.82 Å². The zero-order valence-corrected chi connectivity index (χ0v) is 11.3. The van der Waals surface area contributed by atoms with E-state index in [-0.39, 0.29) is 5.02 Å². The van der Waals surface area contributed by atoms with E-state index in [0.717, 1.165) is 19.1 Å². The molecule has 5 nitrogen and oxygen atoms in total. The van der Waals surface area contributed by atoms with Gasteiger partial charge in [-0.3, -0.25) is 4.79 Å². The largest absolute Gasteiger partial charge is 0.479 e. The molecule has 0 saturated carbocycles. The van der Waals surface area contributed by atoms with Crippen LogP contribution in [0.15, 0.2) is 24.3 Å². The van der Waals surface area contributed by atoms with Crippen LogP contribution in [0.4, 0.5) is 4.39 Å². The van der Waals surface area contributed by atoms with E-state index in [1.807, 2.05) is 0 Å². The van der Waals surface area contributed by atoms with Crippen molar-refractivity contribution in [2.24, 2.45) is 0 Å². The topological polar surface area (TPSA) is 86.6 Å². The molecule has 0 bridgehead atoms. The Morgan fingerprint density at radius 1 is 1.50 bits per heavy atom. The summed E-state index contributed by atoms with van der Waals surface area (Å²) in [7, 11) is 0. The van der Waals surface area contributed by atoms with Gasteiger partial charge in [0.05, 0.1) is 11.6 Å². The number of benzene rings is 1. The van der Waals surface area contributed by atoms with Gasteiger partial charge in [0.1, 0.15) is 5.82 Å². The van der Waals surface area contributed by atoms with Crippen molar-refractivity contribution >= 4 is 29.6 Å². The maximum Gasteiger partial charge on any atom is 0.337 e. The van der Waals surface area contributed by atoms with E-state index in [1.54, 1.807) is 0 Å². The van der Waals surface area contributed by atoms with Crippen molar-refractivity contribution in [2.45, 2.75) is 12.5 Å². The van der Waals surface area contributed by atoms with Crippen LogP contribution < -0.4 is 5.32 Å². The number of aliphatic carboxylic acids is 1. The second-order valence-corrected chi connectivity index (χ2v) is 4.71. The number of hydrogen-bond donors (Lipinski definition) is 3. The summed E-state index contributed by atoms with van der Waals surface area (Å²) in [5.41, 5.74) is -1.53. The lowest BCUT2D eigenvalue weighted by molar-refractivity contribution is -0.156. The third kappa shape index (κ3) is 4.64. The van der Waals surface area contributed by atoms with E-state index in [1.165, 1.54) is 18.2 Å². The van der Waals surface area contributed by atoms with Crippen LogP contribution in [-0.4, -0.2) is 34.2 Å². The van der Waals surface area contributed by atoms with Gasteiger partial charge in [-0.05, 0) is 30.7 Å². The molecule has 0 radical (unpaired) electrons. The Hall–Kier alpha value is -1.92. The number of rotatable bonds is 5. The van der Waals surface area contributed by atoms with Gasteiger partial charge < -0.3 is 15.5 Å². The molecular formula is C13H13ClFNO4. The molecule has 1 amide bonds. The molecule has 0 aliphatic heterocycles. The smallest absolute Gasteiger partial charge is 0.337 e. The fourth-order valence-corrected chi connectivity index (χ4v) is 1.37. The van der Waals surface area contributed by atoms with Crippen LogP contribution in [0.5, 0.6) is 0 Å². The molecule has 1 aromatic carbocycles. The molecule has 1 atom stereocenters. The van der Waals surface area contributed by atoms with Gasteiger partial charge in [-0.2, -0.15) is 0 Å². The number of carbonyl (C=O) groups excluding carboxylic acids is 1. The predicted octanol–water partition coefficient (Wildman–Crippen LogP) is 1.44. The molecule has 1 aromatic rings. The average Bonchev–Trinajstić information content (AvgIpc) is 2.37. The molecule has 0 fully saturated rings. The Balaban J connectivity index is 2.60. The first-order valence-electron chi connectivity index (χ1n) is 5.59. The summed E-state index contributed by atoms with van der Waals surface area (Å²) >= 11 is 5.58. The van der Waals surface area contributed by atoms with E-state index < -0.39 is 29.8 Å². The van der Waals surface area contributed by atoms with Crippen molar-refractivity contribution in [1.29, 1.82) is 0 Å². The lowest BCUT2D eigenvalue weighted by atomic mass is 10.1. The van der Waals surface area contributed by atoms with Crippen molar-refractivity contribution in [3.8, 4) is 0 Å². The first kappa shape index (κ1) is 16.1. The maximum absolute atomic E-state index is 12.9. The summed E-state index contributed by atoms with van der Waals surface area (Å²) in [6, 6.07) is 3.93. The van der Waals surface area contributed by atoms with Crippen LogP contribution in [0.3, 0.4) is 0 Å². The van der Waals surface area contributed by atoms with E-state index in [9.17, 15) is 19.1 Å². The zero-order valence-electron chi connectivity index (χ0n) is 10.6.